The van der Waals surface area contributed by atoms with E-state index in [1.165, 1.54) is 0 Å². The van der Waals surface area contributed by atoms with Gasteiger partial charge in [0.15, 0.2) is 0 Å². The molecule has 138 valence electrons. The van der Waals surface area contributed by atoms with Gasteiger partial charge in [0.25, 0.3) is 5.91 Å². The standard InChI is InChI=1S/C17H20N4O.3ClH/c18-15-5-3-4-14(12-15)17(22)21-10-8-20(9-11-21)13-16-6-1-2-7-19-16;;;/h1-7,12H,8-11,13,18H2;3*1H. The Hall–Kier alpha value is -1.53. The van der Waals surface area contributed by atoms with Gasteiger partial charge in [-0.2, -0.15) is 0 Å². The lowest BCUT2D eigenvalue weighted by Crippen LogP contribution is -2.48. The van der Waals surface area contributed by atoms with Crippen LogP contribution in [0.25, 0.3) is 0 Å². The van der Waals surface area contributed by atoms with Crippen molar-refractivity contribution in [1.82, 2.24) is 14.8 Å². The van der Waals surface area contributed by atoms with E-state index < -0.39 is 0 Å². The summed E-state index contributed by atoms with van der Waals surface area (Å²) in [6.45, 7) is 4.04. The molecule has 0 aliphatic carbocycles. The van der Waals surface area contributed by atoms with Gasteiger partial charge in [-0.1, -0.05) is 12.1 Å². The molecule has 8 heteroatoms. The van der Waals surface area contributed by atoms with Crippen molar-refractivity contribution in [3.05, 3.63) is 59.9 Å². The molecule has 1 amide bonds. The van der Waals surface area contributed by atoms with Crippen LogP contribution >= 0.6 is 37.2 Å². The van der Waals surface area contributed by atoms with Crippen molar-refractivity contribution in [3.63, 3.8) is 0 Å². The van der Waals surface area contributed by atoms with E-state index in [1.807, 2.05) is 41.4 Å². The minimum absolute atomic E-state index is 0. The zero-order valence-electron chi connectivity index (χ0n) is 13.7. The van der Waals surface area contributed by atoms with Gasteiger partial charge in [-0.3, -0.25) is 14.7 Å². The highest BCUT2D eigenvalue weighted by Crippen LogP contribution is 2.13. The Morgan fingerprint density at radius 3 is 2.32 bits per heavy atom. The Labute approximate surface area is 166 Å². The minimum atomic E-state index is 0. The van der Waals surface area contributed by atoms with Gasteiger partial charge in [-0.15, -0.1) is 37.2 Å². The van der Waals surface area contributed by atoms with Gasteiger partial charge in [-0.25, -0.2) is 0 Å². The predicted octanol–water partition coefficient (Wildman–Crippen LogP) is 2.89. The molecule has 1 aliphatic rings. The van der Waals surface area contributed by atoms with Crippen molar-refractivity contribution in [2.24, 2.45) is 0 Å². The Balaban J connectivity index is 0.00000192. The van der Waals surface area contributed by atoms with Crippen molar-refractivity contribution < 1.29 is 4.79 Å². The second-order valence-corrected chi connectivity index (χ2v) is 5.51. The lowest BCUT2D eigenvalue weighted by molar-refractivity contribution is 0.0627. The third-order valence-electron chi connectivity index (χ3n) is 3.90. The summed E-state index contributed by atoms with van der Waals surface area (Å²) in [4.78, 5) is 21.0. The molecule has 1 saturated heterocycles. The van der Waals surface area contributed by atoms with Crippen LogP contribution < -0.4 is 5.73 Å². The van der Waals surface area contributed by atoms with Gasteiger partial charge in [0.1, 0.15) is 0 Å². The fourth-order valence-electron chi connectivity index (χ4n) is 2.68. The monoisotopic (exact) mass is 404 g/mol. The molecule has 1 aliphatic heterocycles. The van der Waals surface area contributed by atoms with Gasteiger partial charge in [-0.05, 0) is 30.3 Å². The van der Waals surface area contributed by atoms with Crippen molar-refractivity contribution in [3.8, 4) is 0 Å². The van der Waals surface area contributed by atoms with E-state index in [9.17, 15) is 4.79 Å². The zero-order valence-corrected chi connectivity index (χ0v) is 16.2. The first-order valence-electron chi connectivity index (χ1n) is 7.49. The Morgan fingerprint density at radius 1 is 1.00 bits per heavy atom. The third-order valence-corrected chi connectivity index (χ3v) is 3.90. The lowest BCUT2D eigenvalue weighted by atomic mass is 10.1. The van der Waals surface area contributed by atoms with E-state index in [4.69, 9.17) is 5.73 Å². The van der Waals surface area contributed by atoms with Gasteiger partial charge >= 0.3 is 0 Å². The molecule has 1 fully saturated rings. The molecule has 2 N–H and O–H groups in total. The minimum Gasteiger partial charge on any atom is -0.399 e. The summed E-state index contributed by atoms with van der Waals surface area (Å²) in [7, 11) is 0. The number of nitrogens with zero attached hydrogens (tertiary/aromatic N) is 3. The van der Waals surface area contributed by atoms with Crippen molar-refractivity contribution in [2.45, 2.75) is 6.54 Å². The molecule has 0 atom stereocenters. The first-order valence-corrected chi connectivity index (χ1v) is 7.49. The molecule has 25 heavy (non-hydrogen) atoms. The number of aromatic nitrogens is 1. The smallest absolute Gasteiger partial charge is 0.254 e. The fraction of sp³-hybridized carbons (Fsp3) is 0.294. The topological polar surface area (TPSA) is 62.5 Å². The summed E-state index contributed by atoms with van der Waals surface area (Å²) in [6.07, 6.45) is 1.81. The fourth-order valence-corrected chi connectivity index (χ4v) is 2.68. The molecule has 3 rings (SSSR count). The summed E-state index contributed by atoms with van der Waals surface area (Å²) in [5.74, 6) is 0.0600. The van der Waals surface area contributed by atoms with Crippen LogP contribution in [0, 0.1) is 0 Å². The summed E-state index contributed by atoms with van der Waals surface area (Å²) in [6, 6.07) is 13.1. The highest BCUT2D eigenvalue weighted by Gasteiger charge is 2.22. The molecule has 1 aromatic heterocycles. The lowest BCUT2D eigenvalue weighted by Gasteiger charge is -2.34. The molecule has 5 nitrogen and oxygen atoms in total. The predicted molar refractivity (Wildman–Crippen MR) is 108 cm³/mol. The number of anilines is 1. The average Bonchev–Trinajstić information content (AvgIpc) is 2.56. The van der Waals surface area contributed by atoms with Crippen molar-refractivity contribution in [2.75, 3.05) is 31.9 Å². The van der Waals surface area contributed by atoms with Crippen LogP contribution in [-0.2, 0) is 6.54 Å². The van der Waals surface area contributed by atoms with E-state index in [2.05, 4.69) is 9.88 Å². The Morgan fingerprint density at radius 2 is 1.72 bits per heavy atom. The van der Waals surface area contributed by atoms with Crippen molar-refractivity contribution in [1.29, 1.82) is 0 Å². The number of carbonyl (C=O) groups is 1. The normalized spacial score (nSPS) is 13.8. The second-order valence-electron chi connectivity index (χ2n) is 5.51. The molecule has 0 unspecified atom stereocenters. The highest BCUT2D eigenvalue weighted by molar-refractivity contribution is 5.95. The maximum absolute atomic E-state index is 12.5. The summed E-state index contributed by atoms with van der Waals surface area (Å²) in [5.41, 5.74) is 8.11. The molecular weight excluding hydrogens is 383 g/mol. The summed E-state index contributed by atoms with van der Waals surface area (Å²) in [5, 5.41) is 0. The van der Waals surface area contributed by atoms with E-state index in [-0.39, 0.29) is 43.1 Å². The SMILES string of the molecule is Cl.Cl.Cl.Nc1cccc(C(=O)N2CCN(Cc3ccccn3)CC2)c1. The molecule has 1 aromatic carbocycles. The number of pyridine rings is 1. The number of carbonyl (C=O) groups excluding carboxylic acids is 1. The van der Waals surface area contributed by atoms with E-state index in [0.717, 1.165) is 38.4 Å². The zero-order chi connectivity index (χ0) is 15.4. The maximum atomic E-state index is 12.5. The maximum Gasteiger partial charge on any atom is 0.254 e. The van der Waals surface area contributed by atoms with Crippen LogP contribution in [0.2, 0.25) is 0 Å². The molecule has 0 radical (unpaired) electrons. The summed E-state index contributed by atoms with van der Waals surface area (Å²) >= 11 is 0. The number of rotatable bonds is 3. The van der Waals surface area contributed by atoms with Gasteiger partial charge in [0.2, 0.25) is 0 Å². The van der Waals surface area contributed by atoms with Crippen molar-refractivity contribution >= 4 is 48.8 Å². The number of nitrogen functional groups attached to an aromatic ring is 1. The number of nitrogens with two attached hydrogens (primary N) is 1. The van der Waals surface area contributed by atoms with Crippen LogP contribution in [0.5, 0.6) is 0 Å². The van der Waals surface area contributed by atoms with Crippen LogP contribution in [0.4, 0.5) is 5.69 Å². The number of hydrogen-bond donors (Lipinski definition) is 1. The number of piperazine rings is 1. The third kappa shape index (κ3) is 6.36. The first-order chi connectivity index (χ1) is 10.7. The molecule has 2 aromatic rings. The molecule has 0 saturated carbocycles. The Bertz CT molecular complexity index is 649. The van der Waals surface area contributed by atoms with Crippen LogP contribution in [0.15, 0.2) is 48.7 Å². The highest BCUT2D eigenvalue weighted by atomic mass is 35.5. The van der Waals surface area contributed by atoms with Gasteiger partial charge in [0, 0.05) is 50.2 Å². The van der Waals surface area contributed by atoms with E-state index >= 15 is 0 Å². The van der Waals surface area contributed by atoms with Gasteiger partial charge in [0.05, 0.1) is 5.69 Å². The molecule has 0 spiro atoms. The van der Waals surface area contributed by atoms with Gasteiger partial charge < -0.3 is 10.6 Å². The van der Waals surface area contributed by atoms with Crippen LogP contribution in [-0.4, -0.2) is 46.9 Å². The largest absolute Gasteiger partial charge is 0.399 e. The number of halogens is 3. The number of amides is 1. The number of benzene rings is 1. The first kappa shape index (κ1) is 23.5. The second kappa shape index (κ2) is 11.2. The van der Waals surface area contributed by atoms with Crippen LogP contribution in [0.3, 0.4) is 0 Å². The quantitative estimate of drug-likeness (QED) is 0.798. The Kier molecular flexibility index (Phi) is 10.5. The summed E-state index contributed by atoms with van der Waals surface area (Å²) < 4.78 is 0. The molecule has 0 bridgehead atoms. The average molecular weight is 406 g/mol. The molecule has 2 heterocycles. The van der Waals surface area contributed by atoms with E-state index in [1.54, 1.807) is 12.1 Å². The van der Waals surface area contributed by atoms with E-state index in [0.29, 0.717) is 11.3 Å². The number of hydrogen-bond acceptors (Lipinski definition) is 4. The molecular formula is C17H23Cl3N4O. The van der Waals surface area contributed by atoms with Crippen LogP contribution in [0.1, 0.15) is 16.1 Å².